The number of hydrogen-bond acceptors (Lipinski definition) is 6. The second-order valence-electron chi connectivity index (χ2n) is 3.72. The summed E-state index contributed by atoms with van der Waals surface area (Å²) in [6.07, 6.45) is 0. The Morgan fingerprint density at radius 1 is 1.39 bits per heavy atom. The standard InChI is InChI=1S/C11H9N3O4/c1-6-3-4-8(5-9(6)14(16)17)10(15)11-12-7(2)18-13-11/h3-5H,1-2H3. The van der Waals surface area contributed by atoms with Gasteiger partial charge in [0.1, 0.15) is 0 Å². The molecule has 0 fully saturated rings. The average Bonchev–Trinajstić information content (AvgIpc) is 2.75. The van der Waals surface area contributed by atoms with Crippen molar-refractivity contribution in [3.05, 3.63) is 51.2 Å². The minimum Gasteiger partial charge on any atom is -0.339 e. The van der Waals surface area contributed by atoms with Crippen LogP contribution in [-0.4, -0.2) is 20.8 Å². The fourth-order valence-electron chi connectivity index (χ4n) is 1.47. The van der Waals surface area contributed by atoms with Gasteiger partial charge in [-0.3, -0.25) is 14.9 Å². The molecule has 92 valence electrons. The summed E-state index contributed by atoms with van der Waals surface area (Å²) in [7, 11) is 0. The number of nitro groups is 1. The third-order valence-corrected chi connectivity index (χ3v) is 2.40. The molecule has 0 atom stereocenters. The highest BCUT2D eigenvalue weighted by Gasteiger charge is 2.19. The van der Waals surface area contributed by atoms with Gasteiger partial charge in [-0.15, -0.1) is 0 Å². The molecule has 0 N–H and O–H groups in total. The molecule has 1 aromatic heterocycles. The maximum Gasteiger partial charge on any atom is 0.273 e. The Morgan fingerprint density at radius 2 is 2.11 bits per heavy atom. The highest BCUT2D eigenvalue weighted by molar-refractivity contribution is 6.06. The van der Waals surface area contributed by atoms with E-state index in [4.69, 9.17) is 4.52 Å². The van der Waals surface area contributed by atoms with E-state index in [1.165, 1.54) is 18.2 Å². The van der Waals surface area contributed by atoms with Crippen LogP contribution in [0.4, 0.5) is 5.69 Å². The van der Waals surface area contributed by atoms with Crippen molar-refractivity contribution >= 4 is 11.5 Å². The first-order valence-electron chi connectivity index (χ1n) is 5.09. The SMILES string of the molecule is Cc1nc(C(=O)c2ccc(C)c([N+](=O)[O-])c2)no1. The molecule has 1 aromatic carbocycles. The minimum atomic E-state index is -0.534. The zero-order valence-corrected chi connectivity index (χ0v) is 9.71. The monoisotopic (exact) mass is 247 g/mol. The van der Waals surface area contributed by atoms with Crippen molar-refractivity contribution < 1.29 is 14.2 Å². The zero-order valence-electron chi connectivity index (χ0n) is 9.71. The van der Waals surface area contributed by atoms with E-state index in [9.17, 15) is 14.9 Å². The second kappa shape index (κ2) is 4.36. The van der Waals surface area contributed by atoms with E-state index in [1.54, 1.807) is 13.8 Å². The fourth-order valence-corrected chi connectivity index (χ4v) is 1.47. The first-order chi connectivity index (χ1) is 8.49. The largest absolute Gasteiger partial charge is 0.339 e. The van der Waals surface area contributed by atoms with Gasteiger partial charge < -0.3 is 4.52 Å². The van der Waals surface area contributed by atoms with Gasteiger partial charge in [-0.2, -0.15) is 4.98 Å². The van der Waals surface area contributed by atoms with Crippen LogP contribution >= 0.6 is 0 Å². The highest BCUT2D eigenvalue weighted by atomic mass is 16.6. The number of carbonyl (C=O) groups excluding carboxylic acids is 1. The van der Waals surface area contributed by atoms with Gasteiger partial charge in [0, 0.05) is 24.1 Å². The van der Waals surface area contributed by atoms with Crippen molar-refractivity contribution in [2.45, 2.75) is 13.8 Å². The summed E-state index contributed by atoms with van der Waals surface area (Å²) >= 11 is 0. The van der Waals surface area contributed by atoms with Gasteiger partial charge in [0.15, 0.2) is 0 Å². The number of ketones is 1. The Kier molecular flexibility index (Phi) is 2.88. The molecule has 0 unspecified atom stereocenters. The summed E-state index contributed by atoms with van der Waals surface area (Å²) in [6.45, 7) is 3.16. The highest BCUT2D eigenvalue weighted by Crippen LogP contribution is 2.20. The lowest BCUT2D eigenvalue weighted by molar-refractivity contribution is -0.385. The van der Waals surface area contributed by atoms with E-state index in [-0.39, 0.29) is 23.0 Å². The molecule has 0 spiro atoms. The first kappa shape index (κ1) is 11.9. The zero-order chi connectivity index (χ0) is 13.3. The molecule has 7 heteroatoms. The van der Waals surface area contributed by atoms with Crippen LogP contribution in [0.5, 0.6) is 0 Å². The Morgan fingerprint density at radius 3 is 2.67 bits per heavy atom. The molecule has 0 bridgehead atoms. The minimum absolute atomic E-state index is 0.106. The Hall–Kier alpha value is -2.57. The number of hydrogen-bond donors (Lipinski definition) is 0. The Balaban J connectivity index is 2.43. The predicted octanol–water partition coefficient (Wildman–Crippen LogP) is 1.83. The first-order valence-corrected chi connectivity index (χ1v) is 5.09. The number of benzene rings is 1. The topological polar surface area (TPSA) is 99.1 Å². The summed E-state index contributed by atoms with van der Waals surface area (Å²) in [5.74, 6) is -0.347. The van der Waals surface area contributed by atoms with Crippen molar-refractivity contribution in [1.82, 2.24) is 10.1 Å². The van der Waals surface area contributed by atoms with Crippen LogP contribution in [0.25, 0.3) is 0 Å². The molecule has 0 aliphatic rings. The normalized spacial score (nSPS) is 10.3. The van der Waals surface area contributed by atoms with Crippen molar-refractivity contribution in [1.29, 1.82) is 0 Å². The number of carbonyl (C=O) groups is 1. The van der Waals surface area contributed by atoms with Crippen molar-refractivity contribution in [2.24, 2.45) is 0 Å². The van der Waals surface area contributed by atoms with Crippen LogP contribution in [0.2, 0.25) is 0 Å². The van der Waals surface area contributed by atoms with E-state index in [0.29, 0.717) is 5.56 Å². The molecule has 18 heavy (non-hydrogen) atoms. The van der Waals surface area contributed by atoms with E-state index < -0.39 is 10.7 Å². The smallest absolute Gasteiger partial charge is 0.273 e. The van der Waals surface area contributed by atoms with Crippen LogP contribution in [0, 0.1) is 24.0 Å². The lowest BCUT2D eigenvalue weighted by Crippen LogP contribution is -2.05. The lowest BCUT2D eigenvalue weighted by atomic mass is 10.1. The van der Waals surface area contributed by atoms with Crippen molar-refractivity contribution in [2.75, 3.05) is 0 Å². The van der Waals surface area contributed by atoms with Crippen LogP contribution in [0.3, 0.4) is 0 Å². The maximum absolute atomic E-state index is 11.9. The van der Waals surface area contributed by atoms with E-state index >= 15 is 0 Å². The molecule has 7 nitrogen and oxygen atoms in total. The second-order valence-corrected chi connectivity index (χ2v) is 3.72. The number of nitrogens with zero attached hydrogens (tertiary/aromatic N) is 3. The predicted molar refractivity (Wildman–Crippen MR) is 60.3 cm³/mol. The van der Waals surface area contributed by atoms with Gasteiger partial charge in [-0.1, -0.05) is 17.3 Å². The Bertz CT molecular complexity index is 633. The summed E-state index contributed by atoms with van der Waals surface area (Å²) in [5.41, 5.74) is 0.537. The molecule has 0 aliphatic heterocycles. The number of aryl methyl sites for hydroxylation is 2. The van der Waals surface area contributed by atoms with Crippen LogP contribution in [-0.2, 0) is 0 Å². The Labute approximate surface area is 102 Å². The molecule has 0 saturated heterocycles. The van der Waals surface area contributed by atoms with E-state index in [0.717, 1.165) is 0 Å². The van der Waals surface area contributed by atoms with E-state index in [2.05, 4.69) is 10.1 Å². The van der Waals surface area contributed by atoms with Gasteiger partial charge in [0.05, 0.1) is 4.92 Å². The van der Waals surface area contributed by atoms with E-state index in [1.807, 2.05) is 0 Å². The number of aromatic nitrogens is 2. The molecule has 1 heterocycles. The van der Waals surface area contributed by atoms with Crippen LogP contribution in [0.15, 0.2) is 22.7 Å². The number of rotatable bonds is 3. The van der Waals surface area contributed by atoms with Crippen LogP contribution < -0.4 is 0 Å². The number of nitro benzene ring substituents is 1. The average molecular weight is 247 g/mol. The fraction of sp³-hybridized carbons (Fsp3) is 0.182. The summed E-state index contributed by atoms with van der Waals surface area (Å²) in [6, 6.07) is 4.22. The summed E-state index contributed by atoms with van der Waals surface area (Å²) in [4.78, 5) is 26.0. The quantitative estimate of drug-likeness (QED) is 0.466. The van der Waals surface area contributed by atoms with Gasteiger partial charge in [-0.05, 0) is 6.92 Å². The molecule has 0 radical (unpaired) electrons. The van der Waals surface area contributed by atoms with Gasteiger partial charge in [0.25, 0.3) is 5.69 Å². The third-order valence-electron chi connectivity index (χ3n) is 2.40. The van der Waals surface area contributed by atoms with Gasteiger partial charge >= 0.3 is 0 Å². The molecule has 0 aliphatic carbocycles. The molecule has 2 rings (SSSR count). The van der Waals surface area contributed by atoms with Gasteiger partial charge in [-0.25, -0.2) is 0 Å². The molecule has 2 aromatic rings. The van der Waals surface area contributed by atoms with Crippen molar-refractivity contribution in [3.8, 4) is 0 Å². The lowest BCUT2D eigenvalue weighted by Gasteiger charge is -1.99. The maximum atomic E-state index is 11.9. The van der Waals surface area contributed by atoms with Gasteiger partial charge in [0.2, 0.25) is 17.5 Å². The molecular formula is C11H9N3O4. The molecule has 0 saturated carbocycles. The third kappa shape index (κ3) is 2.10. The summed E-state index contributed by atoms with van der Waals surface area (Å²) < 4.78 is 4.69. The van der Waals surface area contributed by atoms with Crippen LogP contribution in [0.1, 0.15) is 27.6 Å². The summed E-state index contributed by atoms with van der Waals surface area (Å²) in [5, 5.41) is 14.3. The molecular weight excluding hydrogens is 238 g/mol. The van der Waals surface area contributed by atoms with Crippen molar-refractivity contribution in [3.63, 3.8) is 0 Å². The molecule has 0 amide bonds.